The number of thiophene rings is 1. The molecule has 0 radical (unpaired) electrons. The highest BCUT2D eigenvalue weighted by atomic mass is 32.1. The second kappa shape index (κ2) is 17.1. The first-order chi connectivity index (χ1) is 36.7. The third-order valence-corrected chi connectivity index (χ3v) is 16.2. The molecule has 3 nitrogen and oxygen atoms in total. The van der Waals surface area contributed by atoms with Crippen molar-refractivity contribution in [2.45, 2.75) is 0 Å². The highest BCUT2D eigenvalue weighted by molar-refractivity contribution is 7.25. The lowest BCUT2D eigenvalue weighted by Gasteiger charge is -2.28. The lowest BCUT2D eigenvalue weighted by molar-refractivity contribution is 1.18. The van der Waals surface area contributed by atoms with Crippen molar-refractivity contribution < 1.29 is 0 Å². The largest absolute Gasteiger partial charge is 0.310 e. The normalized spacial score (nSPS) is 11.8. The third-order valence-electron chi connectivity index (χ3n) is 15.0. The van der Waals surface area contributed by atoms with E-state index in [-0.39, 0.29) is 0 Å². The molecule has 0 aliphatic heterocycles. The number of benzene rings is 12. The first kappa shape index (κ1) is 42.2. The van der Waals surface area contributed by atoms with E-state index < -0.39 is 0 Å². The molecule has 4 heteroatoms. The Balaban J connectivity index is 0.961. The Morgan fingerprint density at radius 3 is 1.66 bits per heavy atom. The van der Waals surface area contributed by atoms with Crippen LogP contribution in [0.3, 0.4) is 0 Å². The summed E-state index contributed by atoms with van der Waals surface area (Å²) in [6.07, 6.45) is 0. The molecule has 0 atom stereocenters. The molecule has 0 aliphatic rings. The lowest BCUT2D eigenvalue weighted by Crippen LogP contribution is -2.11. The zero-order chi connectivity index (χ0) is 48.7. The maximum Gasteiger partial charge on any atom is 0.0547 e. The third kappa shape index (κ3) is 6.87. The van der Waals surface area contributed by atoms with E-state index in [1.807, 2.05) is 11.3 Å². The Bertz CT molecular complexity index is 4670. The second-order valence-corrected chi connectivity index (χ2v) is 20.4. The quantitative estimate of drug-likeness (QED) is 0.148. The average molecular weight is 960 g/mol. The first-order valence-corrected chi connectivity index (χ1v) is 26.1. The highest BCUT2D eigenvalue weighted by Crippen LogP contribution is 2.46. The van der Waals surface area contributed by atoms with Gasteiger partial charge in [-0.15, -0.1) is 11.3 Å². The van der Waals surface area contributed by atoms with Gasteiger partial charge in [-0.2, -0.15) is 0 Å². The molecular formula is C70H45N3S. The average Bonchev–Trinajstić information content (AvgIpc) is 4.14. The van der Waals surface area contributed by atoms with Crippen LogP contribution in [0, 0.1) is 0 Å². The molecule has 3 heterocycles. The van der Waals surface area contributed by atoms with Crippen LogP contribution < -0.4 is 4.90 Å². The van der Waals surface area contributed by atoms with Gasteiger partial charge in [0.05, 0.1) is 27.8 Å². The molecule has 0 aliphatic carbocycles. The maximum absolute atomic E-state index is 2.44. The van der Waals surface area contributed by atoms with E-state index in [0.29, 0.717) is 0 Å². The maximum atomic E-state index is 2.44. The first-order valence-electron chi connectivity index (χ1n) is 25.3. The molecule has 0 spiro atoms. The predicted octanol–water partition coefficient (Wildman–Crippen LogP) is 19.9. The van der Waals surface area contributed by atoms with Crippen LogP contribution in [0.2, 0.25) is 0 Å². The summed E-state index contributed by atoms with van der Waals surface area (Å²) in [4.78, 5) is 2.44. The van der Waals surface area contributed by atoms with E-state index in [0.717, 1.165) is 61.8 Å². The Morgan fingerprint density at radius 1 is 0.270 bits per heavy atom. The zero-order valence-electron chi connectivity index (χ0n) is 40.2. The number of anilines is 3. The molecule has 0 saturated heterocycles. The van der Waals surface area contributed by atoms with Crippen LogP contribution in [0.1, 0.15) is 0 Å². The van der Waals surface area contributed by atoms with Gasteiger partial charge in [0, 0.05) is 70.0 Å². The molecular weight excluding hydrogens is 915 g/mol. The number of fused-ring (bicyclic) bond motifs is 10. The van der Waals surface area contributed by atoms with E-state index >= 15 is 0 Å². The molecule has 15 rings (SSSR count). The van der Waals surface area contributed by atoms with Crippen molar-refractivity contribution >= 4 is 103 Å². The van der Waals surface area contributed by atoms with Crippen molar-refractivity contribution in [3.8, 4) is 44.8 Å². The van der Waals surface area contributed by atoms with Gasteiger partial charge in [-0.25, -0.2) is 0 Å². The van der Waals surface area contributed by atoms with Crippen LogP contribution in [-0.2, 0) is 0 Å². The van der Waals surface area contributed by atoms with Gasteiger partial charge in [0.1, 0.15) is 0 Å². The van der Waals surface area contributed by atoms with Gasteiger partial charge in [-0.3, -0.25) is 0 Å². The summed E-state index contributed by atoms with van der Waals surface area (Å²) < 4.78 is 7.43. The Morgan fingerprint density at radius 2 is 0.851 bits per heavy atom. The zero-order valence-corrected chi connectivity index (χ0v) is 41.0. The Kier molecular flexibility index (Phi) is 9.75. The summed E-state index contributed by atoms with van der Waals surface area (Å²) in [6.45, 7) is 0. The van der Waals surface area contributed by atoms with E-state index in [1.54, 1.807) is 0 Å². The van der Waals surface area contributed by atoms with Crippen molar-refractivity contribution in [2.24, 2.45) is 0 Å². The van der Waals surface area contributed by atoms with Crippen molar-refractivity contribution in [1.29, 1.82) is 0 Å². The summed E-state index contributed by atoms with van der Waals surface area (Å²) in [5, 5.41) is 9.95. The van der Waals surface area contributed by atoms with Gasteiger partial charge in [0.15, 0.2) is 0 Å². The number of hydrogen-bond donors (Lipinski definition) is 0. The van der Waals surface area contributed by atoms with Crippen molar-refractivity contribution in [3.63, 3.8) is 0 Å². The molecule has 74 heavy (non-hydrogen) atoms. The summed E-state index contributed by atoms with van der Waals surface area (Å²) in [5.74, 6) is 0. The van der Waals surface area contributed by atoms with Gasteiger partial charge in [-0.05, 0) is 154 Å². The summed E-state index contributed by atoms with van der Waals surface area (Å²) in [5.41, 5.74) is 17.3. The van der Waals surface area contributed by atoms with Gasteiger partial charge in [-0.1, -0.05) is 158 Å². The minimum atomic E-state index is 1.10. The minimum absolute atomic E-state index is 1.10. The molecule has 346 valence electrons. The molecule has 12 aromatic carbocycles. The van der Waals surface area contributed by atoms with Crippen molar-refractivity contribution in [2.75, 3.05) is 4.90 Å². The summed E-state index contributed by atoms with van der Waals surface area (Å²) >= 11 is 1.85. The van der Waals surface area contributed by atoms with E-state index in [9.17, 15) is 0 Å². The number of nitrogens with zero attached hydrogens (tertiary/aromatic N) is 3. The monoisotopic (exact) mass is 959 g/mol. The van der Waals surface area contributed by atoms with Gasteiger partial charge < -0.3 is 14.0 Å². The molecule has 0 saturated carbocycles. The molecule has 0 unspecified atom stereocenters. The summed E-state index contributed by atoms with van der Waals surface area (Å²) in [7, 11) is 0. The van der Waals surface area contributed by atoms with Crippen LogP contribution >= 0.6 is 11.3 Å². The van der Waals surface area contributed by atoms with E-state index in [2.05, 4.69) is 287 Å². The molecule has 0 N–H and O–H groups in total. The Hall–Kier alpha value is -9.48. The number of rotatable bonds is 8. The standard InChI is InChI=1S/C70H45N3S/c1-3-19-53(20-4-1)71(56-35-38-70-63(45-56)61-26-12-16-30-69(61)74-70)64-27-13-9-23-57(64)52-40-50(39-51(41-52)49-32-36-60-58-24-10-14-28-65(58)72(68(60)44-49)54-21-5-2-6-22-54)48-33-37-67-62(43-48)59-25-11-15-29-66(59)73(67)55-34-31-46-17-7-8-18-47(46)42-55/h1-45H. The van der Waals surface area contributed by atoms with Crippen LogP contribution in [0.25, 0.3) is 119 Å². The molecule has 15 aromatic rings. The van der Waals surface area contributed by atoms with E-state index in [4.69, 9.17) is 0 Å². The fourth-order valence-electron chi connectivity index (χ4n) is 11.6. The number of aromatic nitrogens is 2. The van der Waals surface area contributed by atoms with Crippen LogP contribution in [0.15, 0.2) is 273 Å². The lowest BCUT2D eigenvalue weighted by atomic mass is 9.91. The molecule has 0 fully saturated rings. The highest BCUT2D eigenvalue weighted by Gasteiger charge is 2.21. The number of hydrogen-bond acceptors (Lipinski definition) is 2. The SMILES string of the molecule is c1ccc(N(c2ccc3sc4ccccc4c3c2)c2ccccc2-c2cc(-c3ccc4c(c3)c3ccccc3n4-c3ccc4ccccc4c3)cc(-c3ccc4c5ccccc5n(-c5ccccc5)c4c3)c2)cc1. The molecule has 3 aromatic heterocycles. The van der Waals surface area contributed by atoms with Gasteiger partial charge >= 0.3 is 0 Å². The van der Waals surface area contributed by atoms with Gasteiger partial charge in [0.2, 0.25) is 0 Å². The van der Waals surface area contributed by atoms with Crippen molar-refractivity contribution in [3.05, 3.63) is 273 Å². The summed E-state index contributed by atoms with van der Waals surface area (Å²) in [6, 6.07) is 101. The smallest absolute Gasteiger partial charge is 0.0547 e. The van der Waals surface area contributed by atoms with Crippen LogP contribution in [-0.4, -0.2) is 9.13 Å². The Labute approximate surface area is 432 Å². The van der Waals surface area contributed by atoms with Crippen LogP contribution in [0.4, 0.5) is 17.1 Å². The fraction of sp³-hybridized carbons (Fsp3) is 0. The topological polar surface area (TPSA) is 13.1 Å². The minimum Gasteiger partial charge on any atom is -0.310 e. The molecule has 0 amide bonds. The number of para-hydroxylation sites is 5. The van der Waals surface area contributed by atoms with Crippen LogP contribution in [0.5, 0.6) is 0 Å². The molecule has 0 bridgehead atoms. The van der Waals surface area contributed by atoms with E-state index in [1.165, 1.54) is 74.6 Å². The van der Waals surface area contributed by atoms with Gasteiger partial charge in [0.25, 0.3) is 0 Å². The fourth-order valence-corrected chi connectivity index (χ4v) is 12.7. The predicted molar refractivity (Wildman–Crippen MR) is 317 cm³/mol. The van der Waals surface area contributed by atoms with Crippen molar-refractivity contribution in [1.82, 2.24) is 9.13 Å². The second-order valence-electron chi connectivity index (χ2n) is 19.3.